The average Bonchev–Trinajstić information content (AvgIpc) is 2.62. The number of rotatable bonds is 3. The van der Waals surface area contributed by atoms with Gasteiger partial charge in [-0.25, -0.2) is 0 Å². The maximum absolute atomic E-state index is 12.7. The highest BCUT2D eigenvalue weighted by molar-refractivity contribution is 6.30. The lowest BCUT2D eigenvalue weighted by molar-refractivity contribution is 0.0693. The molecule has 25 heavy (non-hydrogen) atoms. The number of hydrogen-bond donors (Lipinski definition) is 1. The number of benzene rings is 1. The van der Waals surface area contributed by atoms with E-state index in [1.54, 1.807) is 12.4 Å². The fraction of sp³-hybridized carbons (Fsp3) is 0.333. The summed E-state index contributed by atoms with van der Waals surface area (Å²) < 4.78 is 0. The standard InChI is InChI=1S/C18H20ClN3O.2ClH/c19-17-3-1-14(2-4-17)15-9-16(12-21-11-15)18(23)22-7-5-13(10-20)6-8-22;;/h1-4,9,11-13H,5-8,10,20H2;2*1H. The van der Waals surface area contributed by atoms with Crippen molar-refractivity contribution in [3.05, 3.63) is 53.3 Å². The molecule has 0 aliphatic carbocycles. The van der Waals surface area contributed by atoms with Crippen molar-refractivity contribution in [2.24, 2.45) is 11.7 Å². The lowest BCUT2D eigenvalue weighted by atomic mass is 9.96. The molecule has 1 saturated heterocycles. The first-order chi connectivity index (χ1) is 11.2. The summed E-state index contributed by atoms with van der Waals surface area (Å²) in [4.78, 5) is 18.8. The van der Waals surface area contributed by atoms with Gasteiger partial charge in [-0.15, -0.1) is 24.8 Å². The van der Waals surface area contributed by atoms with Crippen molar-refractivity contribution in [2.45, 2.75) is 12.8 Å². The molecule has 0 bridgehead atoms. The van der Waals surface area contributed by atoms with Crippen LogP contribution in [0.3, 0.4) is 0 Å². The molecule has 0 spiro atoms. The van der Waals surface area contributed by atoms with Crippen molar-refractivity contribution in [2.75, 3.05) is 19.6 Å². The van der Waals surface area contributed by atoms with Gasteiger partial charge in [0.1, 0.15) is 0 Å². The van der Waals surface area contributed by atoms with Crippen molar-refractivity contribution in [1.29, 1.82) is 0 Å². The number of carbonyl (C=O) groups excluding carboxylic acids is 1. The quantitative estimate of drug-likeness (QED) is 0.842. The first kappa shape index (κ1) is 21.7. The molecule has 3 rings (SSSR count). The molecule has 1 aromatic carbocycles. The third kappa shape index (κ3) is 5.32. The molecular weight excluding hydrogens is 381 g/mol. The molecule has 1 aliphatic rings. The van der Waals surface area contributed by atoms with Crippen LogP contribution in [-0.4, -0.2) is 35.4 Å². The lowest BCUT2D eigenvalue weighted by Gasteiger charge is -2.31. The number of halogens is 3. The van der Waals surface area contributed by atoms with E-state index in [1.165, 1.54) is 0 Å². The van der Waals surface area contributed by atoms with Gasteiger partial charge in [0.2, 0.25) is 0 Å². The predicted molar refractivity (Wildman–Crippen MR) is 107 cm³/mol. The van der Waals surface area contributed by atoms with Crippen LogP contribution in [0.1, 0.15) is 23.2 Å². The molecule has 136 valence electrons. The molecule has 0 unspecified atom stereocenters. The van der Waals surface area contributed by atoms with Crippen molar-refractivity contribution in [1.82, 2.24) is 9.88 Å². The molecule has 0 saturated carbocycles. The first-order valence-corrected chi connectivity index (χ1v) is 8.25. The van der Waals surface area contributed by atoms with Crippen molar-refractivity contribution in [3.8, 4) is 11.1 Å². The number of hydrogen-bond acceptors (Lipinski definition) is 3. The number of piperidine rings is 1. The Kier molecular flexibility index (Phi) is 8.66. The van der Waals surface area contributed by atoms with Crippen LogP contribution in [0.15, 0.2) is 42.7 Å². The molecular formula is C18H22Cl3N3O. The summed E-state index contributed by atoms with van der Waals surface area (Å²) >= 11 is 5.92. The molecule has 1 aromatic heterocycles. The second kappa shape index (κ2) is 9.97. The van der Waals surface area contributed by atoms with Gasteiger partial charge in [-0.2, -0.15) is 0 Å². The van der Waals surface area contributed by atoms with E-state index in [0.29, 0.717) is 23.0 Å². The van der Waals surface area contributed by atoms with Gasteiger partial charge in [0.15, 0.2) is 0 Å². The number of likely N-dealkylation sites (tertiary alicyclic amines) is 1. The van der Waals surface area contributed by atoms with E-state index in [4.69, 9.17) is 17.3 Å². The number of pyridine rings is 1. The highest BCUT2D eigenvalue weighted by Crippen LogP contribution is 2.23. The van der Waals surface area contributed by atoms with Gasteiger partial charge < -0.3 is 10.6 Å². The Morgan fingerprint density at radius 3 is 2.36 bits per heavy atom. The SMILES string of the molecule is Cl.Cl.NCC1CCN(C(=O)c2cncc(-c3ccc(Cl)cc3)c2)CC1. The van der Waals surface area contributed by atoms with Gasteiger partial charge in [0, 0.05) is 36.1 Å². The van der Waals surface area contributed by atoms with Gasteiger partial charge in [-0.3, -0.25) is 9.78 Å². The highest BCUT2D eigenvalue weighted by Gasteiger charge is 2.23. The maximum Gasteiger partial charge on any atom is 0.255 e. The zero-order valence-electron chi connectivity index (χ0n) is 13.7. The van der Waals surface area contributed by atoms with Gasteiger partial charge in [-0.1, -0.05) is 23.7 Å². The van der Waals surface area contributed by atoms with Crippen molar-refractivity contribution >= 4 is 42.3 Å². The summed E-state index contributed by atoms with van der Waals surface area (Å²) in [6, 6.07) is 9.43. The Bertz CT molecular complexity index is 686. The predicted octanol–water partition coefficient (Wildman–Crippen LogP) is 4.06. The summed E-state index contributed by atoms with van der Waals surface area (Å²) in [7, 11) is 0. The monoisotopic (exact) mass is 401 g/mol. The van der Waals surface area contributed by atoms with Gasteiger partial charge in [0.25, 0.3) is 5.91 Å². The molecule has 0 atom stereocenters. The van der Waals surface area contributed by atoms with Gasteiger partial charge in [0.05, 0.1) is 5.56 Å². The normalized spacial score (nSPS) is 14.4. The van der Waals surface area contributed by atoms with Crippen LogP contribution in [0.2, 0.25) is 5.02 Å². The van der Waals surface area contributed by atoms with E-state index in [9.17, 15) is 4.79 Å². The average molecular weight is 403 g/mol. The molecule has 2 heterocycles. The van der Waals surface area contributed by atoms with Gasteiger partial charge >= 0.3 is 0 Å². The number of nitrogens with zero attached hydrogens (tertiary/aromatic N) is 2. The minimum absolute atomic E-state index is 0. The second-order valence-corrected chi connectivity index (χ2v) is 6.38. The van der Waals surface area contributed by atoms with Crippen LogP contribution < -0.4 is 5.73 Å². The molecule has 1 fully saturated rings. The van der Waals surface area contributed by atoms with E-state index in [0.717, 1.165) is 37.1 Å². The van der Waals surface area contributed by atoms with Crippen molar-refractivity contribution in [3.63, 3.8) is 0 Å². The Hall–Kier alpha value is -1.33. The molecule has 2 aromatic rings. The number of carbonyl (C=O) groups is 1. The van der Waals surface area contributed by atoms with E-state index in [2.05, 4.69) is 4.98 Å². The number of nitrogens with two attached hydrogens (primary N) is 1. The fourth-order valence-electron chi connectivity index (χ4n) is 2.91. The zero-order chi connectivity index (χ0) is 16.2. The summed E-state index contributed by atoms with van der Waals surface area (Å²) in [5.74, 6) is 0.585. The Morgan fingerprint density at radius 1 is 1.12 bits per heavy atom. The van der Waals surface area contributed by atoms with E-state index in [-0.39, 0.29) is 30.7 Å². The smallest absolute Gasteiger partial charge is 0.255 e. The zero-order valence-corrected chi connectivity index (χ0v) is 16.1. The number of aromatic nitrogens is 1. The summed E-state index contributed by atoms with van der Waals surface area (Å²) in [6.45, 7) is 2.24. The minimum atomic E-state index is 0. The van der Waals surface area contributed by atoms with Crippen LogP contribution in [0.25, 0.3) is 11.1 Å². The molecule has 2 N–H and O–H groups in total. The highest BCUT2D eigenvalue weighted by atomic mass is 35.5. The fourth-order valence-corrected chi connectivity index (χ4v) is 3.04. The molecule has 1 aliphatic heterocycles. The van der Waals surface area contributed by atoms with Crippen LogP contribution in [-0.2, 0) is 0 Å². The molecule has 7 heteroatoms. The minimum Gasteiger partial charge on any atom is -0.339 e. The van der Waals surface area contributed by atoms with Crippen LogP contribution in [0.4, 0.5) is 0 Å². The largest absolute Gasteiger partial charge is 0.339 e. The number of amides is 1. The van der Waals surface area contributed by atoms with Gasteiger partial charge in [-0.05, 0) is 49.1 Å². The Morgan fingerprint density at radius 2 is 1.76 bits per heavy atom. The third-order valence-electron chi connectivity index (χ3n) is 4.40. The van der Waals surface area contributed by atoms with Crippen molar-refractivity contribution < 1.29 is 4.79 Å². The Labute approximate surface area is 165 Å². The van der Waals surface area contributed by atoms with E-state index >= 15 is 0 Å². The van der Waals surface area contributed by atoms with Crippen LogP contribution >= 0.6 is 36.4 Å². The third-order valence-corrected chi connectivity index (χ3v) is 4.65. The molecule has 4 nitrogen and oxygen atoms in total. The van der Waals surface area contributed by atoms with E-state index < -0.39 is 0 Å². The van der Waals surface area contributed by atoms with Crippen LogP contribution in [0.5, 0.6) is 0 Å². The summed E-state index contributed by atoms with van der Waals surface area (Å²) in [6.07, 6.45) is 5.36. The topological polar surface area (TPSA) is 59.2 Å². The summed E-state index contributed by atoms with van der Waals surface area (Å²) in [5, 5.41) is 0.691. The lowest BCUT2D eigenvalue weighted by Crippen LogP contribution is -2.40. The van der Waals surface area contributed by atoms with Crippen LogP contribution in [0, 0.1) is 5.92 Å². The molecule has 0 radical (unpaired) electrons. The summed E-state index contributed by atoms with van der Waals surface area (Å²) in [5.41, 5.74) is 8.26. The first-order valence-electron chi connectivity index (χ1n) is 7.87. The molecule has 1 amide bonds. The van der Waals surface area contributed by atoms with E-state index in [1.807, 2.05) is 35.2 Å². The second-order valence-electron chi connectivity index (χ2n) is 5.94. The Balaban J connectivity index is 0.00000156. The maximum atomic E-state index is 12.7.